The number of carboxylic acid groups (broad SMARTS) is 1. The Labute approximate surface area is 112 Å². The van der Waals surface area contributed by atoms with Crippen LogP contribution in [0.3, 0.4) is 0 Å². The van der Waals surface area contributed by atoms with Gasteiger partial charge in [0.2, 0.25) is 0 Å². The molecule has 19 heavy (non-hydrogen) atoms. The standard InChI is InChI=1S/C12H20N4O3/c1-12(2,10(17)18)8-13-11(19)15(3)6-9-5-14-16(4)7-9/h5,7H,6,8H2,1-4H3,(H,13,19)(H,17,18). The van der Waals surface area contributed by atoms with Gasteiger partial charge in [-0.2, -0.15) is 5.10 Å². The second-order valence-electron chi connectivity index (χ2n) is 5.23. The molecule has 0 aliphatic carbocycles. The van der Waals surface area contributed by atoms with Crippen molar-refractivity contribution in [3.05, 3.63) is 18.0 Å². The number of nitrogens with one attached hydrogen (secondary N) is 1. The van der Waals surface area contributed by atoms with Crippen LogP contribution in [-0.4, -0.2) is 45.4 Å². The zero-order valence-corrected chi connectivity index (χ0v) is 11.7. The zero-order valence-electron chi connectivity index (χ0n) is 11.7. The van der Waals surface area contributed by atoms with E-state index >= 15 is 0 Å². The summed E-state index contributed by atoms with van der Waals surface area (Å²) < 4.78 is 1.66. The van der Waals surface area contributed by atoms with Crippen molar-refractivity contribution >= 4 is 12.0 Å². The van der Waals surface area contributed by atoms with Gasteiger partial charge in [0, 0.05) is 32.4 Å². The molecule has 0 aliphatic heterocycles. The highest BCUT2D eigenvalue weighted by molar-refractivity contribution is 5.77. The summed E-state index contributed by atoms with van der Waals surface area (Å²) in [5, 5.41) is 15.6. The highest BCUT2D eigenvalue weighted by Gasteiger charge is 2.28. The minimum absolute atomic E-state index is 0.0819. The Morgan fingerprint density at radius 1 is 1.53 bits per heavy atom. The minimum Gasteiger partial charge on any atom is -0.481 e. The monoisotopic (exact) mass is 268 g/mol. The van der Waals surface area contributed by atoms with Gasteiger partial charge in [-0.3, -0.25) is 9.48 Å². The molecular formula is C12H20N4O3. The molecule has 7 heteroatoms. The molecule has 7 nitrogen and oxygen atoms in total. The molecule has 1 aromatic heterocycles. The lowest BCUT2D eigenvalue weighted by molar-refractivity contribution is -0.146. The Morgan fingerprint density at radius 2 is 2.16 bits per heavy atom. The molecule has 2 N–H and O–H groups in total. The topological polar surface area (TPSA) is 87.5 Å². The van der Waals surface area contributed by atoms with Crippen molar-refractivity contribution < 1.29 is 14.7 Å². The number of urea groups is 1. The summed E-state index contributed by atoms with van der Waals surface area (Å²) in [5.74, 6) is -0.942. The van der Waals surface area contributed by atoms with Crippen molar-refractivity contribution in [1.82, 2.24) is 20.0 Å². The number of aromatic nitrogens is 2. The number of carbonyl (C=O) groups excluding carboxylic acids is 1. The van der Waals surface area contributed by atoms with E-state index in [0.29, 0.717) is 6.54 Å². The number of amides is 2. The van der Waals surface area contributed by atoms with Crippen LogP contribution >= 0.6 is 0 Å². The summed E-state index contributed by atoms with van der Waals surface area (Å²) in [6, 6.07) is -0.307. The Balaban J connectivity index is 2.47. The molecule has 2 amide bonds. The Morgan fingerprint density at radius 3 is 2.63 bits per heavy atom. The van der Waals surface area contributed by atoms with Gasteiger partial charge in [0.1, 0.15) is 0 Å². The molecule has 106 valence electrons. The van der Waals surface area contributed by atoms with E-state index in [1.807, 2.05) is 6.20 Å². The molecule has 0 aliphatic rings. The second kappa shape index (κ2) is 5.73. The molecule has 0 unspecified atom stereocenters. The third kappa shape index (κ3) is 4.27. The van der Waals surface area contributed by atoms with Gasteiger partial charge in [-0.1, -0.05) is 0 Å². The normalized spacial score (nSPS) is 11.2. The summed E-state index contributed by atoms with van der Waals surface area (Å²) in [6.45, 7) is 3.64. The van der Waals surface area contributed by atoms with Crippen molar-refractivity contribution in [2.24, 2.45) is 12.5 Å². The van der Waals surface area contributed by atoms with Crippen molar-refractivity contribution in [3.63, 3.8) is 0 Å². The van der Waals surface area contributed by atoms with Crippen LogP contribution in [0, 0.1) is 5.41 Å². The predicted octanol–water partition coefficient (Wildman–Crippen LogP) is 0.672. The summed E-state index contributed by atoms with van der Waals surface area (Å²) in [4.78, 5) is 24.2. The summed E-state index contributed by atoms with van der Waals surface area (Å²) in [6.07, 6.45) is 3.51. The van der Waals surface area contributed by atoms with Crippen LogP contribution in [0.1, 0.15) is 19.4 Å². The van der Waals surface area contributed by atoms with Gasteiger partial charge in [0.15, 0.2) is 0 Å². The molecule has 0 bridgehead atoms. The molecule has 1 heterocycles. The number of aryl methyl sites for hydroxylation is 1. The number of aliphatic carboxylic acids is 1. The predicted molar refractivity (Wildman–Crippen MR) is 69.5 cm³/mol. The Bertz CT molecular complexity index is 467. The van der Waals surface area contributed by atoms with E-state index in [1.54, 1.807) is 38.8 Å². The third-order valence-corrected chi connectivity index (χ3v) is 2.79. The third-order valence-electron chi connectivity index (χ3n) is 2.79. The lowest BCUT2D eigenvalue weighted by Crippen LogP contribution is -2.43. The quantitative estimate of drug-likeness (QED) is 0.821. The van der Waals surface area contributed by atoms with Gasteiger partial charge in [-0.05, 0) is 13.8 Å². The van der Waals surface area contributed by atoms with E-state index in [4.69, 9.17) is 5.11 Å². The number of hydrogen-bond acceptors (Lipinski definition) is 3. The Hall–Kier alpha value is -2.05. The lowest BCUT2D eigenvalue weighted by Gasteiger charge is -2.22. The molecule has 0 spiro atoms. The fraction of sp³-hybridized carbons (Fsp3) is 0.583. The van der Waals surface area contributed by atoms with Gasteiger partial charge >= 0.3 is 12.0 Å². The minimum atomic E-state index is -0.981. The first-order valence-corrected chi connectivity index (χ1v) is 5.92. The molecule has 1 aromatic rings. The molecule has 0 fully saturated rings. The average molecular weight is 268 g/mol. The van der Waals surface area contributed by atoms with Gasteiger partial charge in [0.05, 0.1) is 18.2 Å². The number of carboxylic acids is 1. The molecule has 0 atom stereocenters. The van der Waals surface area contributed by atoms with Crippen LogP contribution in [0.2, 0.25) is 0 Å². The number of hydrogen-bond donors (Lipinski definition) is 2. The molecule has 0 radical (unpaired) electrons. The second-order valence-corrected chi connectivity index (χ2v) is 5.23. The molecule has 0 saturated carbocycles. The number of carbonyl (C=O) groups is 2. The molecule has 0 saturated heterocycles. The number of nitrogens with zero attached hydrogens (tertiary/aromatic N) is 3. The van der Waals surface area contributed by atoms with Gasteiger partial charge in [-0.15, -0.1) is 0 Å². The van der Waals surface area contributed by atoms with E-state index in [9.17, 15) is 9.59 Å². The van der Waals surface area contributed by atoms with Crippen LogP contribution in [0.25, 0.3) is 0 Å². The maximum absolute atomic E-state index is 11.8. The van der Waals surface area contributed by atoms with Crippen LogP contribution in [0.5, 0.6) is 0 Å². The van der Waals surface area contributed by atoms with Crippen LogP contribution in [0.4, 0.5) is 4.79 Å². The first-order chi connectivity index (χ1) is 8.72. The van der Waals surface area contributed by atoms with Crippen LogP contribution in [0.15, 0.2) is 12.4 Å². The first-order valence-electron chi connectivity index (χ1n) is 5.92. The fourth-order valence-corrected chi connectivity index (χ4v) is 1.41. The summed E-state index contributed by atoms with van der Waals surface area (Å²) >= 11 is 0. The van der Waals surface area contributed by atoms with Crippen molar-refractivity contribution in [1.29, 1.82) is 0 Å². The van der Waals surface area contributed by atoms with E-state index in [2.05, 4.69) is 10.4 Å². The highest BCUT2D eigenvalue weighted by Crippen LogP contribution is 2.13. The number of rotatable bonds is 5. The first kappa shape index (κ1) is 15.0. The SMILES string of the molecule is CN(Cc1cnn(C)c1)C(=O)NCC(C)(C)C(=O)O. The molecule has 1 rings (SSSR count). The van der Waals surface area contributed by atoms with Crippen LogP contribution < -0.4 is 5.32 Å². The van der Waals surface area contributed by atoms with Crippen molar-refractivity contribution in [2.45, 2.75) is 20.4 Å². The van der Waals surface area contributed by atoms with E-state index < -0.39 is 11.4 Å². The summed E-state index contributed by atoms with van der Waals surface area (Å²) in [5.41, 5.74) is -0.0669. The average Bonchev–Trinajstić information content (AvgIpc) is 2.71. The van der Waals surface area contributed by atoms with Gasteiger partial charge in [-0.25, -0.2) is 4.79 Å². The zero-order chi connectivity index (χ0) is 14.6. The maximum atomic E-state index is 11.8. The van der Waals surface area contributed by atoms with Gasteiger partial charge < -0.3 is 15.3 Å². The van der Waals surface area contributed by atoms with Crippen LogP contribution in [-0.2, 0) is 18.4 Å². The van der Waals surface area contributed by atoms with Gasteiger partial charge in [0.25, 0.3) is 0 Å². The smallest absolute Gasteiger partial charge is 0.317 e. The Kier molecular flexibility index (Phi) is 4.52. The van der Waals surface area contributed by atoms with Crippen molar-refractivity contribution in [3.8, 4) is 0 Å². The van der Waals surface area contributed by atoms with E-state index in [0.717, 1.165) is 5.56 Å². The highest BCUT2D eigenvalue weighted by atomic mass is 16.4. The summed E-state index contributed by atoms with van der Waals surface area (Å²) in [7, 11) is 3.45. The lowest BCUT2D eigenvalue weighted by atomic mass is 9.94. The molecular weight excluding hydrogens is 248 g/mol. The largest absolute Gasteiger partial charge is 0.481 e. The molecule has 0 aromatic carbocycles. The maximum Gasteiger partial charge on any atom is 0.317 e. The van der Waals surface area contributed by atoms with Crippen molar-refractivity contribution in [2.75, 3.05) is 13.6 Å². The van der Waals surface area contributed by atoms with E-state index in [1.165, 1.54) is 4.90 Å². The van der Waals surface area contributed by atoms with E-state index in [-0.39, 0.29) is 12.6 Å². The fourth-order valence-electron chi connectivity index (χ4n) is 1.41.